The van der Waals surface area contributed by atoms with Crippen LogP contribution in [0.15, 0.2) is 42.7 Å². The molecule has 0 aliphatic rings. The number of para-hydroxylation sites is 1. The first-order chi connectivity index (χ1) is 10.1. The molecule has 21 heavy (non-hydrogen) atoms. The van der Waals surface area contributed by atoms with E-state index in [2.05, 4.69) is 10.4 Å². The molecule has 0 spiro atoms. The summed E-state index contributed by atoms with van der Waals surface area (Å²) in [5.41, 5.74) is 7.19. The highest BCUT2D eigenvalue weighted by Gasteiger charge is 2.29. The molecule has 1 unspecified atom stereocenters. The van der Waals surface area contributed by atoms with Crippen LogP contribution in [0.1, 0.15) is 25.8 Å². The minimum Gasteiger partial charge on any atom is -0.351 e. The molecule has 5 nitrogen and oxygen atoms in total. The third kappa shape index (κ3) is 3.31. The van der Waals surface area contributed by atoms with Crippen molar-refractivity contribution in [2.75, 3.05) is 6.54 Å². The van der Waals surface area contributed by atoms with Crippen LogP contribution in [0.5, 0.6) is 0 Å². The van der Waals surface area contributed by atoms with Gasteiger partial charge in [-0.05, 0) is 31.0 Å². The van der Waals surface area contributed by atoms with E-state index in [0.29, 0.717) is 13.1 Å². The lowest BCUT2D eigenvalue weighted by atomic mass is 9.86. The Labute approximate surface area is 125 Å². The van der Waals surface area contributed by atoms with Gasteiger partial charge in [-0.15, -0.1) is 0 Å². The van der Waals surface area contributed by atoms with Gasteiger partial charge in [-0.25, -0.2) is 4.68 Å². The molecule has 0 radical (unpaired) electrons. The van der Waals surface area contributed by atoms with E-state index in [9.17, 15) is 4.79 Å². The second-order valence-electron chi connectivity index (χ2n) is 5.38. The number of rotatable bonds is 6. The molecular formula is C16H22N4O. The Morgan fingerprint density at radius 1 is 1.38 bits per heavy atom. The van der Waals surface area contributed by atoms with Crippen molar-refractivity contribution in [2.45, 2.75) is 26.8 Å². The van der Waals surface area contributed by atoms with Crippen LogP contribution < -0.4 is 11.1 Å². The number of amides is 1. The number of hydrogen-bond acceptors (Lipinski definition) is 3. The van der Waals surface area contributed by atoms with Crippen LogP contribution in [0.4, 0.5) is 0 Å². The Morgan fingerprint density at radius 2 is 2.14 bits per heavy atom. The molecule has 3 N–H and O–H groups in total. The average Bonchev–Trinajstić information content (AvgIpc) is 3.06. The molecule has 1 heterocycles. The third-order valence-corrected chi connectivity index (χ3v) is 3.96. The topological polar surface area (TPSA) is 72.9 Å². The monoisotopic (exact) mass is 286 g/mol. The van der Waals surface area contributed by atoms with Gasteiger partial charge in [0, 0.05) is 25.5 Å². The Kier molecular flexibility index (Phi) is 4.75. The van der Waals surface area contributed by atoms with E-state index in [4.69, 9.17) is 5.73 Å². The molecule has 0 aliphatic heterocycles. The standard InChI is InChI=1S/C16H22N4O/c1-3-16(2,12-17)15(21)18-11-13-7-4-5-8-14(13)20-10-6-9-19-20/h4-10H,3,11-12,17H2,1-2H3,(H,18,21). The zero-order valence-electron chi connectivity index (χ0n) is 12.5. The molecule has 0 saturated carbocycles. The average molecular weight is 286 g/mol. The lowest BCUT2D eigenvalue weighted by Gasteiger charge is -2.25. The summed E-state index contributed by atoms with van der Waals surface area (Å²) in [7, 11) is 0. The molecule has 2 aromatic rings. The smallest absolute Gasteiger partial charge is 0.227 e. The summed E-state index contributed by atoms with van der Waals surface area (Å²) < 4.78 is 1.80. The highest BCUT2D eigenvalue weighted by atomic mass is 16.2. The number of carbonyl (C=O) groups is 1. The van der Waals surface area contributed by atoms with E-state index in [1.54, 1.807) is 10.9 Å². The Balaban J connectivity index is 2.13. The fourth-order valence-corrected chi connectivity index (χ4v) is 2.08. The Bertz CT molecular complexity index is 588. The van der Waals surface area contributed by atoms with Crippen LogP contribution in [-0.2, 0) is 11.3 Å². The van der Waals surface area contributed by atoms with Crippen molar-refractivity contribution in [1.82, 2.24) is 15.1 Å². The van der Waals surface area contributed by atoms with Crippen molar-refractivity contribution in [3.8, 4) is 5.69 Å². The van der Waals surface area contributed by atoms with Gasteiger partial charge in [0.2, 0.25) is 5.91 Å². The predicted octanol–water partition coefficient (Wildman–Crippen LogP) is 1.86. The molecule has 2 rings (SSSR count). The van der Waals surface area contributed by atoms with Gasteiger partial charge in [0.1, 0.15) is 0 Å². The largest absolute Gasteiger partial charge is 0.351 e. The van der Waals surface area contributed by atoms with Crippen molar-refractivity contribution in [2.24, 2.45) is 11.1 Å². The summed E-state index contributed by atoms with van der Waals surface area (Å²) in [4.78, 5) is 12.3. The zero-order chi connectivity index (χ0) is 15.3. The lowest BCUT2D eigenvalue weighted by Crippen LogP contribution is -2.43. The highest BCUT2D eigenvalue weighted by Crippen LogP contribution is 2.20. The summed E-state index contributed by atoms with van der Waals surface area (Å²) in [6.07, 6.45) is 4.34. The van der Waals surface area contributed by atoms with Crippen LogP contribution >= 0.6 is 0 Å². The first kappa shape index (κ1) is 15.3. The fraction of sp³-hybridized carbons (Fsp3) is 0.375. The normalized spacial score (nSPS) is 13.7. The Hall–Kier alpha value is -2.14. The van der Waals surface area contributed by atoms with E-state index in [0.717, 1.165) is 17.7 Å². The first-order valence-electron chi connectivity index (χ1n) is 7.17. The Morgan fingerprint density at radius 3 is 2.76 bits per heavy atom. The number of aromatic nitrogens is 2. The number of nitrogens with zero attached hydrogens (tertiary/aromatic N) is 2. The summed E-state index contributed by atoms with van der Waals surface area (Å²) in [5, 5.41) is 7.22. The summed E-state index contributed by atoms with van der Waals surface area (Å²) >= 11 is 0. The number of nitrogens with two attached hydrogens (primary N) is 1. The number of benzene rings is 1. The van der Waals surface area contributed by atoms with Crippen LogP contribution in [0, 0.1) is 5.41 Å². The summed E-state index contributed by atoms with van der Waals surface area (Å²) in [5.74, 6) is -0.0113. The SMILES string of the molecule is CCC(C)(CN)C(=O)NCc1ccccc1-n1cccn1. The summed E-state index contributed by atoms with van der Waals surface area (Å²) in [6.45, 7) is 4.67. The third-order valence-electron chi connectivity index (χ3n) is 3.96. The molecule has 0 aliphatic carbocycles. The van der Waals surface area contributed by atoms with Gasteiger partial charge in [0.15, 0.2) is 0 Å². The molecule has 1 atom stereocenters. The van der Waals surface area contributed by atoms with Crippen molar-refractivity contribution in [1.29, 1.82) is 0 Å². The van der Waals surface area contributed by atoms with E-state index < -0.39 is 5.41 Å². The maximum Gasteiger partial charge on any atom is 0.227 e. The van der Waals surface area contributed by atoms with E-state index >= 15 is 0 Å². The zero-order valence-corrected chi connectivity index (χ0v) is 12.5. The van der Waals surface area contributed by atoms with E-state index in [-0.39, 0.29) is 5.91 Å². The second-order valence-corrected chi connectivity index (χ2v) is 5.38. The molecule has 1 aromatic heterocycles. The molecule has 112 valence electrons. The maximum atomic E-state index is 12.3. The van der Waals surface area contributed by atoms with Gasteiger partial charge in [0.05, 0.1) is 11.1 Å². The molecule has 1 aromatic carbocycles. The van der Waals surface area contributed by atoms with E-state index in [1.165, 1.54) is 0 Å². The molecule has 0 fully saturated rings. The molecule has 0 bridgehead atoms. The van der Waals surface area contributed by atoms with Crippen LogP contribution in [-0.4, -0.2) is 22.2 Å². The van der Waals surface area contributed by atoms with Gasteiger partial charge in [-0.2, -0.15) is 5.10 Å². The molecular weight excluding hydrogens is 264 g/mol. The number of carbonyl (C=O) groups excluding carboxylic acids is 1. The minimum atomic E-state index is -0.513. The number of hydrogen-bond donors (Lipinski definition) is 2. The first-order valence-corrected chi connectivity index (χ1v) is 7.17. The van der Waals surface area contributed by atoms with Crippen LogP contribution in [0.3, 0.4) is 0 Å². The van der Waals surface area contributed by atoms with Crippen LogP contribution in [0.2, 0.25) is 0 Å². The summed E-state index contributed by atoms with van der Waals surface area (Å²) in [6, 6.07) is 9.76. The van der Waals surface area contributed by atoms with Gasteiger partial charge in [0.25, 0.3) is 0 Å². The lowest BCUT2D eigenvalue weighted by molar-refractivity contribution is -0.130. The highest BCUT2D eigenvalue weighted by molar-refractivity contribution is 5.82. The molecule has 0 saturated heterocycles. The van der Waals surface area contributed by atoms with Crippen molar-refractivity contribution >= 4 is 5.91 Å². The number of nitrogens with one attached hydrogen (secondary N) is 1. The van der Waals surface area contributed by atoms with Crippen LogP contribution in [0.25, 0.3) is 5.69 Å². The molecule has 5 heteroatoms. The van der Waals surface area contributed by atoms with Crippen molar-refractivity contribution in [3.63, 3.8) is 0 Å². The van der Waals surface area contributed by atoms with Crippen molar-refractivity contribution < 1.29 is 4.79 Å². The van der Waals surface area contributed by atoms with Gasteiger partial charge >= 0.3 is 0 Å². The van der Waals surface area contributed by atoms with Crippen molar-refractivity contribution in [3.05, 3.63) is 48.3 Å². The molecule has 1 amide bonds. The van der Waals surface area contributed by atoms with E-state index in [1.807, 2.05) is 50.4 Å². The second kappa shape index (κ2) is 6.54. The van der Waals surface area contributed by atoms with Gasteiger partial charge in [-0.3, -0.25) is 4.79 Å². The van der Waals surface area contributed by atoms with Gasteiger partial charge < -0.3 is 11.1 Å². The predicted molar refractivity (Wildman–Crippen MR) is 82.9 cm³/mol. The maximum absolute atomic E-state index is 12.3. The fourth-order valence-electron chi connectivity index (χ4n) is 2.08. The minimum absolute atomic E-state index is 0.0113. The van der Waals surface area contributed by atoms with Gasteiger partial charge in [-0.1, -0.05) is 25.1 Å². The quantitative estimate of drug-likeness (QED) is 0.851.